The number of amides is 1. The summed E-state index contributed by atoms with van der Waals surface area (Å²) >= 11 is 13.4. The Balaban J connectivity index is 1.80. The van der Waals surface area contributed by atoms with Crippen LogP contribution in [0.25, 0.3) is 6.08 Å². The van der Waals surface area contributed by atoms with Crippen LogP contribution < -0.4 is 14.8 Å². The molecule has 5 nitrogen and oxygen atoms in total. The SMILES string of the molecule is COc1cc(C=C2SC(=N)NC2=O)ccc1OCc1c(Cl)cccc1Cl. The molecule has 2 aromatic rings. The topological polar surface area (TPSA) is 71.4 Å². The van der Waals surface area contributed by atoms with Crippen molar-refractivity contribution in [1.82, 2.24) is 5.32 Å². The lowest BCUT2D eigenvalue weighted by molar-refractivity contribution is -0.115. The molecule has 2 N–H and O–H groups in total. The van der Waals surface area contributed by atoms with Gasteiger partial charge in [-0.1, -0.05) is 35.3 Å². The molecule has 3 rings (SSSR count). The van der Waals surface area contributed by atoms with Gasteiger partial charge in [0.2, 0.25) is 0 Å². The third kappa shape index (κ3) is 4.15. The number of rotatable bonds is 5. The first kappa shape index (κ1) is 18.6. The number of ether oxygens (including phenoxy) is 2. The quantitative estimate of drug-likeness (QED) is 0.701. The van der Waals surface area contributed by atoms with Crippen LogP contribution in [0.3, 0.4) is 0 Å². The van der Waals surface area contributed by atoms with Crippen molar-refractivity contribution < 1.29 is 14.3 Å². The zero-order chi connectivity index (χ0) is 18.7. The third-order valence-electron chi connectivity index (χ3n) is 3.58. The van der Waals surface area contributed by atoms with Gasteiger partial charge in [0.15, 0.2) is 16.7 Å². The second-order valence-corrected chi connectivity index (χ2v) is 7.16. The minimum Gasteiger partial charge on any atom is -0.493 e. The number of hydrogen-bond donors (Lipinski definition) is 2. The standard InChI is InChI=1S/C18H14Cl2N2O3S/c1-24-15-7-10(8-16-17(23)22-18(21)26-16)5-6-14(15)25-9-11-12(19)3-2-4-13(11)20/h2-8H,9H2,1H3,(H2,21,22,23). The van der Waals surface area contributed by atoms with Crippen LogP contribution in [0.5, 0.6) is 11.5 Å². The molecule has 0 aromatic heterocycles. The molecule has 0 aliphatic carbocycles. The number of amidine groups is 1. The van der Waals surface area contributed by atoms with Gasteiger partial charge in [-0.3, -0.25) is 10.2 Å². The summed E-state index contributed by atoms with van der Waals surface area (Å²) in [6, 6.07) is 10.6. The molecule has 0 saturated carbocycles. The summed E-state index contributed by atoms with van der Waals surface area (Å²) in [5.74, 6) is 0.760. The fourth-order valence-corrected chi connectivity index (χ4v) is 3.52. The molecule has 1 heterocycles. The van der Waals surface area contributed by atoms with Gasteiger partial charge >= 0.3 is 0 Å². The maximum Gasteiger partial charge on any atom is 0.264 e. The summed E-state index contributed by atoms with van der Waals surface area (Å²) in [6.07, 6.45) is 1.69. The Morgan fingerprint density at radius 1 is 1.19 bits per heavy atom. The number of halogens is 2. The zero-order valence-corrected chi connectivity index (χ0v) is 16.0. The Morgan fingerprint density at radius 3 is 2.54 bits per heavy atom. The van der Waals surface area contributed by atoms with E-state index in [0.29, 0.717) is 32.0 Å². The lowest BCUT2D eigenvalue weighted by Crippen LogP contribution is -2.18. The van der Waals surface area contributed by atoms with E-state index < -0.39 is 0 Å². The second-order valence-electron chi connectivity index (χ2n) is 5.29. The van der Waals surface area contributed by atoms with Crippen molar-refractivity contribution in [2.24, 2.45) is 0 Å². The Hall–Kier alpha value is -2.15. The normalized spacial score (nSPS) is 15.3. The number of carbonyl (C=O) groups excluding carboxylic acids is 1. The Kier molecular flexibility index (Phi) is 5.76. The highest BCUT2D eigenvalue weighted by molar-refractivity contribution is 8.18. The van der Waals surface area contributed by atoms with Crippen LogP contribution >= 0.6 is 35.0 Å². The van der Waals surface area contributed by atoms with Crippen molar-refractivity contribution in [3.05, 3.63) is 62.5 Å². The van der Waals surface area contributed by atoms with Gasteiger partial charge in [0, 0.05) is 15.6 Å². The second kappa shape index (κ2) is 8.03. The molecule has 0 atom stereocenters. The van der Waals surface area contributed by atoms with Crippen LogP contribution in [0.15, 0.2) is 41.3 Å². The van der Waals surface area contributed by atoms with Gasteiger partial charge in [0.1, 0.15) is 6.61 Å². The van der Waals surface area contributed by atoms with E-state index in [9.17, 15) is 4.79 Å². The Labute approximate surface area is 164 Å². The lowest BCUT2D eigenvalue weighted by atomic mass is 10.2. The molecule has 0 bridgehead atoms. The van der Waals surface area contributed by atoms with Crippen molar-refractivity contribution in [1.29, 1.82) is 5.41 Å². The van der Waals surface area contributed by atoms with E-state index in [1.54, 1.807) is 42.5 Å². The maximum atomic E-state index is 11.7. The molecule has 1 saturated heterocycles. The molecule has 0 radical (unpaired) electrons. The van der Waals surface area contributed by atoms with Crippen LogP contribution in [0, 0.1) is 5.41 Å². The van der Waals surface area contributed by atoms with Gasteiger partial charge < -0.3 is 14.8 Å². The van der Waals surface area contributed by atoms with Gasteiger partial charge in [0.05, 0.1) is 12.0 Å². The molecule has 1 aliphatic heterocycles. The first-order valence-electron chi connectivity index (χ1n) is 7.51. The molecule has 2 aromatic carbocycles. The highest BCUT2D eigenvalue weighted by Crippen LogP contribution is 2.33. The molecule has 0 unspecified atom stereocenters. The maximum absolute atomic E-state index is 11.7. The van der Waals surface area contributed by atoms with Gasteiger partial charge in [-0.2, -0.15) is 0 Å². The first-order valence-corrected chi connectivity index (χ1v) is 9.08. The fourth-order valence-electron chi connectivity index (χ4n) is 2.31. The predicted molar refractivity (Wildman–Crippen MR) is 105 cm³/mol. The van der Waals surface area contributed by atoms with Gasteiger partial charge in [-0.05, 0) is 47.7 Å². The van der Waals surface area contributed by atoms with Gasteiger partial charge in [-0.15, -0.1) is 0 Å². The highest BCUT2D eigenvalue weighted by atomic mass is 35.5. The fraction of sp³-hybridized carbons (Fsp3) is 0.111. The van der Waals surface area contributed by atoms with E-state index >= 15 is 0 Å². The minimum absolute atomic E-state index is 0.116. The predicted octanol–water partition coefficient (Wildman–Crippen LogP) is 4.72. The van der Waals surface area contributed by atoms with Gasteiger partial charge in [-0.25, -0.2) is 0 Å². The van der Waals surface area contributed by atoms with Crippen LogP contribution in [0.4, 0.5) is 0 Å². The summed E-state index contributed by atoms with van der Waals surface area (Å²) in [5, 5.41) is 11.1. The van der Waals surface area contributed by atoms with Crippen LogP contribution in [-0.2, 0) is 11.4 Å². The Bertz CT molecular complexity index is 895. The monoisotopic (exact) mass is 408 g/mol. The molecule has 1 amide bonds. The summed E-state index contributed by atoms with van der Waals surface area (Å²) in [6.45, 7) is 0.199. The molecule has 26 heavy (non-hydrogen) atoms. The number of thioether (sulfide) groups is 1. The van der Waals surface area contributed by atoms with Crippen LogP contribution in [0.2, 0.25) is 10.0 Å². The van der Waals surface area contributed by atoms with Crippen molar-refractivity contribution in [2.75, 3.05) is 7.11 Å². The highest BCUT2D eigenvalue weighted by Gasteiger charge is 2.22. The number of benzene rings is 2. The van der Waals surface area contributed by atoms with Crippen LogP contribution in [-0.4, -0.2) is 18.2 Å². The van der Waals surface area contributed by atoms with Crippen molar-refractivity contribution >= 4 is 52.1 Å². The number of nitrogens with one attached hydrogen (secondary N) is 2. The molecule has 1 fully saturated rings. The van der Waals surface area contributed by atoms with E-state index in [1.165, 1.54) is 7.11 Å². The summed E-state index contributed by atoms with van der Waals surface area (Å²) in [7, 11) is 1.54. The molecule has 8 heteroatoms. The average Bonchev–Trinajstić information content (AvgIpc) is 2.92. The van der Waals surface area contributed by atoms with E-state index in [0.717, 1.165) is 17.3 Å². The van der Waals surface area contributed by atoms with Crippen molar-refractivity contribution in [3.8, 4) is 11.5 Å². The third-order valence-corrected chi connectivity index (χ3v) is 5.12. The summed E-state index contributed by atoms with van der Waals surface area (Å²) < 4.78 is 11.2. The van der Waals surface area contributed by atoms with Gasteiger partial charge in [0.25, 0.3) is 5.91 Å². The molecular weight excluding hydrogens is 395 g/mol. The largest absolute Gasteiger partial charge is 0.493 e. The summed E-state index contributed by atoms with van der Waals surface area (Å²) in [4.78, 5) is 12.2. The average molecular weight is 409 g/mol. The molecule has 134 valence electrons. The number of methoxy groups -OCH3 is 1. The summed E-state index contributed by atoms with van der Waals surface area (Å²) in [5.41, 5.74) is 1.46. The lowest BCUT2D eigenvalue weighted by Gasteiger charge is -2.13. The van der Waals surface area contributed by atoms with Crippen LogP contribution in [0.1, 0.15) is 11.1 Å². The first-order chi connectivity index (χ1) is 12.5. The van der Waals surface area contributed by atoms with Crippen molar-refractivity contribution in [2.45, 2.75) is 6.61 Å². The Morgan fingerprint density at radius 2 is 1.92 bits per heavy atom. The minimum atomic E-state index is -0.285. The van der Waals surface area contributed by atoms with E-state index in [-0.39, 0.29) is 17.7 Å². The molecule has 0 spiro atoms. The van der Waals surface area contributed by atoms with Crippen molar-refractivity contribution in [3.63, 3.8) is 0 Å². The number of carbonyl (C=O) groups is 1. The molecular formula is C18H14Cl2N2O3S. The zero-order valence-electron chi connectivity index (χ0n) is 13.6. The van der Waals surface area contributed by atoms with E-state index in [1.807, 2.05) is 0 Å². The van der Waals surface area contributed by atoms with E-state index in [2.05, 4.69) is 5.32 Å². The number of hydrogen-bond acceptors (Lipinski definition) is 5. The van der Waals surface area contributed by atoms with E-state index in [4.69, 9.17) is 38.1 Å². The molecule has 1 aliphatic rings. The smallest absolute Gasteiger partial charge is 0.264 e.